The van der Waals surface area contributed by atoms with Crippen molar-refractivity contribution in [1.82, 2.24) is 0 Å². The minimum Gasteiger partial charge on any atom is -0.481 e. The summed E-state index contributed by atoms with van der Waals surface area (Å²) in [6.45, 7) is 2.74. The number of ether oxygens (including phenoxy) is 1. The molecule has 0 saturated carbocycles. The van der Waals surface area contributed by atoms with Gasteiger partial charge in [0.1, 0.15) is 0 Å². The van der Waals surface area contributed by atoms with Crippen LogP contribution in [0.3, 0.4) is 0 Å². The highest BCUT2D eigenvalue weighted by molar-refractivity contribution is 5.89. The summed E-state index contributed by atoms with van der Waals surface area (Å²) >= 11 is 0. The highest BCUT2D eigenvalue weighted by atomic mass is 16.5. The molecule has 54 valence electrons. The maximum Gasteiger partial charge on any atom is 0.208 e. The van der Waals surface area contributed by atoms with Gasteiger partial charge in [0.2, 0.25) is 5.90 Å². The second kappa shape index (κ2) is 3.20. The van der Waals surface area contributed by atoms with E-state index in [1.54, 1.807) is 7.11 Å². The lowest BCUT2D eigenvalue weighted by atomic mass is 10.3. The maximum absolute atomic E-state index is 4.98. The van der Waals surface area contributed by atoms with Gasteiger partial charge in [-0.2, -0.15) is 0 Å². The largest absolute Gasteiger partial charge is 0.481 e. The van der Waals surface area contributed by atoms with E-state index in [1.807, 2.05) is 25.2 Å². The molecule has 0 aromatic heterocycles. The minimum atomic E-state index is 0.711. The average Bonchev–Trinajstić information content (AvgIpc) is 2.13. The van der Waals surface area contributed by atoms with Gasteiger partial charge in [0.05, 0.1) is 13.7 Å². The zero-order valence-corrected chi connectivity index (χ0v) is 6.29. The Bertz CT molecular complexity index is 201. The molecule has 0 saturated heterocycles. The van der Waals surface area contributed by atoms with Crippen LogP contribution in [0.25, 0.3) is 0 Å². The van der Waals surface area contributed by atoms with Crippen LogP contribution in [-0.4, -0.2) is 19.6 Å². The third-order valence-electron chi connectivity index (χ3n) is 1.29. The van der Waals surface area contributed by atoms with Gasteiger partial charge in [-0.05, 0) is 12.5 Å². The molecule has 0 aromatic carbocycles. The van der Waals surface area contributed by atoms with Gasteiger partial charge in [0.25, 0.3) is 0 Å². The Kier molecular flexibility index (Phi) is 2.26. The monoisotopic (exact) mass is 137 g/mol. The lowest BCUT2D eigenvalue weighted by Crippen LogP contribution is -1.96. The van der Waals surface area contributed by atoms with E-state index in [9.17, 15) is 0 Å². The summed E-state index contributed by atoms with van der Waals surface area (Å²) in [7, 11) is 1.63. The van der Waals surface area contributed by atoms with Crippen molar-refractivity contribution in [3.8, 4) is 0 Å². The molecular weight excluding hydrogens is 126 g/mol. The third-order valence-corrected chi connectivity index (χ3v) is 1.29. The Balaban J connectivity index is 2.77. The molecule has 0 unspecified atom stereocenters. The molecular formula is C8H11NO. The Labute approximate surface area is 60.9 Å². The Morgan fingerprint density at radius 2 is 2.40 bits per heavy atom. The second-order valence-corrected chi connectivity index (χ2v) is 2.17. The second-order valence-electron chi connectivity index (χ2n) is 2.17. The van der Waals surface area contributed by atoms with Crippen LogP contribution in [0.4, 0.5) is 0 Å². The molecule has 0 amide bonds. The van der Waals surface area contributed by atoms with Crippen LogP contribution in [-0.2, 0) is 4.74 Å². The fourth-order valence-electron chi connectivity index (χ4n) is 0.793. The van der Waals surface area contributed by atoms with Gasteiger partial charge in [-0.25, -0.2) is 4.99 Å². The van der Waals surface area contributed by atoms with Crippen LogP contribution in [0.2, 0.25) is 0 Å². The summed E-state index contributed by atoms with van der Waals surface area (Å²) in [5.41, 5.74) is 1.18. The minimum absolute atomic E-state index is 0.711. The van der Waals surface area contributed by atoms with Crippen molar-refractivity contribution in [3.63, 3.8) is 0 Å². The Morgan fingerprint density at radius 1 is 1.60 bits per heavy atom. The molecule has 10 heavy (non-hydrogen) atoms. The van der Waals surface area contributed by atoms with Crippen molar-refractivity contribution in [2.45, 2.75) is 6.92 Å². The van der Waals surface area contributed by atoms with Crippen molar-refractivity contribution in [1.29, 1.82) is 0 Å². The Morgan fingerprint density at radius 3 is 3.10 bits per heavy atom. The molecule has 2 nitrogen and oxygen atoms in total. The molecule has 1 heterocycles. The van der Waals surface area contributed by atoms with Gasteiger partial charge in [-0.15, -0.1) is 0 Å². The van der Waals surface area contributed by atoms with Gasteiger partial charge in [-0.1, -0.05) is 12.2 Å². The molecule has 0 bridgehead atoms. The van der Waals surface area contributed by atoms with E-state index < -0.39 is 0 Å². The van der Waals surface area contributed by atoms with E-state index in [-0.39, 0.29) is 0 Å². The lowest BCUT2D eigenvalue weighted by molar-refractivity contribution is 0.405. The smallest absolute Gasteiger partial charge is 0.208 e. The summed E-state index contributed by atoms with van der Waals surface area (Å²) in [5, 5.41) is 0. The number of rotatable bonds is 0. The molecule has 0 aromatic rings. The molecule has 1 aliphatic heterocycles. The van der Waals surface area contributed by atoms with Crippen LogP contribution >= 0.6 is 0 Å². The number of aliphatic imine (C=N–C) groups is 1. The van der Waals surface area contributed by atoms with Crippen LogP contribution in [0, 0.1) is 0 Å². The number of hydrogen-bond acceptors (Lipinski definition) is 2. The van der Waals surface area contributed by atoms with Crippen LogP contribution in [0.1, 0.15) is 6.92 Å². The van der Waals surface area contributed by atoms with E-state index in [4.69, 9.17) is 4.74 Å². The van der Waals surface area contributed by atoms with Crippen LogP contribution < -0.4 is 0 Å². The summed E-state index contributed by atoms with van der Waals surface area (Å²) in [6.07, 6.45) is 5.97. The molecule has 0 spiro atoms. The quantitative estimate of drug-likeness (QED) is 0.496. The molecule has 0 fully saturated rings. The molecule has 1 rings (SSSR count). The summed E-state index contributed by atoms with van der Waals surface area (Å²) in [4.78, 5) is 4.12. The standard InChI is InChI=1S/C8H11NO/c1-7-4-3-5-9-8(6-7)10-2/h3-4,6H,5H2,1-2H3. The SMILES string of the molecule is COC1=NCC=CC(C)=C1. The van der Waals surface area contributed by atoms with Gasteiger partial charge in [-0.3, -0.25) is 0 Å². The predicted molar refractivity (Wildman–Crippen MR) is 42.2 cm³/mol. The molecule has 0 radical (unpaired) electrons. The van der Waals surface area contributed by atoms with Gasteiger partial charge < -0.3 is 4.74 Å². The Hall–Kier alpha value is -1.05. The third kappa shape index (κ3) is 1.72. The first-order valence-corrected chi connectivity index (χ1v) is 3.26. The fraction of sp³-hybridized carbons (Fsp3) is 0.375. The highest BCUT2D eigenvalue weighted by Crippen LogP contribution is 2.00. The molecule has 0 aliphatic carbocycles. The van der Waals surface area contributed by atoms with Gasteiger partial charge >= 0.3 is 0 Å². The van der Waals surface area contributed by atoms with Gasteiger partial charge in [0.15, 0.2) is 0 Å². The fourth-order valence-corrected chi connectivity index (χ4v) is 0.793. The summed E-state index contributed by atoms with van der Waals surface area (Å²) in [5.74, 6) is 0.711. The number of nitrogens with zero attached hydrogens (tertiary/aromatic N) is 1. The maximum atomic E-state index is 4.98. The predicted octanol–water partition coefficient (Wildman–Crippen LogP) is 1.55. The van der Waals surface area contributed by atoms with E-state index in [0.717, 1.165) is 6.54 Å². The zero-order valence-electron chi connectivity index (χ0n) is 6.29. The van der Waals surface area contributed by atoms with E-state index in [2.05, 4.69) is 4.99 Å². The van der Waals surface area contributed by atoms with Crippen LogP contribution in [0.5, 0.6) is 0 Å². The molecule has 0 N–H and O–H groups in total. The van der Waals surface area contributed by atoms with E-state index >= 15 is 0 Å². The first kappa shape index (κ1) is 7.06. The van der Waals surface area contributed by atoms with Crippen molar-refractivity contribution in [2.75, 3.05) is 13.7 Å². The topological polar surface area (TPSA) is 21.6 Å². The molecule has 1 aliphatic rings. The van der Waals surface area contributed by atoms with Crippen molar-refractivity contribution in [3.05, 3.63) is 23.8 Å². The normalized spacial score (nSPS) is 17.4. The van der Waals surface area contributed by atoms with Crippen LogP contribution in [0.15, 0.2) is 28.8 Å². The number of methoxy groups -OCH3 is 1. The first-order valence-electron chi connectivity index (χ1n) is 3.26. The number of hydrogen-bond donors (Lipinski definition) is 0. The summed E-state index contributed by atoms with van der Waals surface area (Å²) < 4.78 is 4.98. The van der Waals surface area contributed by atoms with Crippen molar-refractivity contribution < 1.29 is 4.74 Å². The van der Waals surface area contributed by atoms with Crippen molar-refractivity contribution in [2.24, 2.45) is 4.99 Å². The zero-order chi connectivity index (χ0) is 7.40. The lowest BCUT2D eigenvalue weighted by Gasteiger charge is -1.95. The highest BCUT2D eigenvalue weighted by Gasteiger charge is 1.94. The summed E-state index contributed by atoms with van der Waals surface area (Å²) in [6, 6.07) is 0. The number of allylic oxidation sites excluding steroid dienone is 2. The molecule has 0 atom stereocenters. The average molecular weight is 137 g/mol. The van der Waals surface area contributed by atoms with Gasteiger partial charge in [0, 0.05) is 6.08 Å². The van der Waals surface area contributed by atoms with E-state index in [0.29, 0.717) is 5.90 Å². The van der Waals surface area contributed by atoms with E-state index in [1.165, 1.54) is 5.57 Å². The molecule has 2 heteroatoms. The first-order chi connectivity index (χ1) is 4.83. The van der Waals surface area contributed by atoms with Crippen molar-refractivity contribution >= 4 is 5.90 Å².